The minimum absolute atomic E-state index is 0. The Bertz CT molecular complexity index is 575. The summed E-state index contributed by atoms with van der Waals surface area (Å²) in [6, 6.07) is 5.41. The topological polar surface area (TPSA) is 84.2 Å². The summed E-state index contributed by atoms with van der Waals surface area (Å²) in [5, 5.41) is 5.67. The van der Waals surface area contributed by atoms with Crippen LogP contribution in [-0.4, -0.2) is 31.4 Å². The van der Waals surface area contributed by atoms with E-state index in [1.807, 2.05) is 0 Å². The van der Waals surface area contributed by atoms with Crippen molar-refractivity contribution in [3.63, 3.8) is 0 Å². The first-order valence-electron chi connectivity index (χ1n) is 9.05. The van der Waals surface area contributed by atoms with Gasteiger partial charge in [0, 0.05) is 25.1 Å². The van der Waals surface area contributed by atoms with Gasteiger partial charge in [0.15, 0.2) is 0 Å². The molecule has 1 saturated carbocycles. The van der Waals surface area contributed by atoms with E-state index in [9.17, 15) is 14.0 Å². The molecule has 0 bridgehead atoms. The van der Waals surface area contributed by atoms with Crippen molar-refractivity contribution >= 4 is 24.2 Å². The fourth-order valence-corrected chi connectivity index (χ4v) is 3.38. The minimum atomic E-state index is -0.368. The number of amides is 2. The number of rotatable bonds is 8. The molecule has 0 spiro atoms. The van der Waals surface area contributed by atoms with Gasteiger partial charge in [0.05, 0.1) is 0 Å². The number of carbonyl (C=O) groups excluding carboxylic acids is 2. The Morgan fingerprint density at radius 1 is 1.04 bits per heavy atom. The fourth-order valence-electron chi connectivity index (χ4n) is 3.38. The molecular formula is C19H29ClFN3O2. The number of hydrogen-bond donors (Lipinski definition) is 3. The molecule has 0 radical (unpaired) electrons. The molecule has 5 nitrogen and oxygen atoms in total. The van der Waals surface area contributed by atoms with Crippen LogP contribution >= 0.6 is 12.4 Å². The van der Waals surface area contributed by atoms with E-state index in [0.29, 0.717) is 38.0 Å². The average molecular weight is 386 g/mol. The van der Waals surface area contributed by atoms with Crippen molar-refractivity contribution in [1.82, 2.24) is 10.6 Å². The van der Waals surface area contributed by atoms with Gasteiger partial charge in [0.2, 0.25) is 5.91 Å². The number of hydrogen-bond acceptors (Lipinski definition) is 3. The number of nitrogens with one attached hydrogen (secondary N) is 2. The molecule has 0 aromatic heterocycles. The van der Waals surface area contributed by atoms with Crippen LogP contribution in [-0.2, 0) is 4.79 Å². The summed E-state index contributed by atoms with van der Waals surface area (Å²) in [7, 11) is 0. The van der Waals surface area contributed by atoms with Crippen LogP contribution in [0.25, 0.3) is 0 Å². The van der Waals surface area contributed by atoms with Crippen LogP contribution < -0.4 is 16.4 Å². The van der Waals surface area contributed by atoms with Crippen LogP contribution in [0.15, 0.2) is 24.3 Å². The first-order chi connectivity index (χ1) is 12.0. The summed E-state index contributed by atoms with van der Waals surface area (Å²) in [6.45, 7) is 1.54. The third-order valence-corrected chi connectivity index (χ3v) is 4.95. The third kappa shape index (κ3) is 6.92. The standard InChI is InChI=1S/C19H28FN3O2.ClH/c20-16-7-5-15(6-8-16)18(25)23-12-4-11-22-17(24)13-19(14-21)9-2-1-3-10-19;/h5-8H,1-4,9-14,21H2,(H,22,24)(H,23,25);1H. The van der Waals surface area contributed by atoms with Crippen molar-refractivity contribution in [3.8, 4) is 0 Å². The van der Waals surface area contributed by atoms with Crippen molar-refractivity contribution in [2.45, 2.75) is 44.9 Å². The molecule has 26 heavy (non-hydrogen) atoms. The minimum Gasteiger partial charge on any atom is -0.356 e. The predicted molar refractivity (Wildman–Crippen MR) is 103 cm³/mol. The van der Waals surface area contributed by atoms with Crippen molar-refractivity contribution in [3.05, 3.63) is 35.6 Å². The lowest BCUT2D eigenvalue weighted by molar-refractivity contribution is -0.123. The molecule has 1 fully saturated rings. The van der Waals surface area contributed by atoms with Crippen LogP contribution in [0.4, 0.5) is 4.39 Å². The normalized spacial score (nSPS) is 15.6. The summed E-state index contributed by atoms with van der Waals surface area (Å²) >= 11 is 0. The maximum atomic E-state index is 12.8. The maximum absolute atomic E-state index is 12.8. The maximum Gasteiger partial charge on any atom is 0.251 e. The number of nitrogens with two attached hydrogens (primary N) is 1. The highest BCUT2D eigenvalue weighted by atomic mass is 35.5. The second-order valence-electron chi connectivity index (χ2n) is 6.91. The molecule has 1 aromatic carbocycles. The van der Waals surface area contributed by atoms with Crippen molar-refractivity contribution in [1.29, 1.82) is 0 Å². The van der Waals surface area contributed by atoms with Gasteiger partial charge in [0.25, 0.3) is 5.91 Å². The first-order valence-corrected chi connectivity index (χ1v) is 9.05. The van der Waals surface area contributed by atoms with Crippen LogP contribution in [0, 0.1) is 11.2 Å². The van der Waals surface area contributed by atoms with Crippen molar-refractivity contribution in [2.24, 2.45) is 11.1 Å². The fraction of sp³-hybridized carbons (Fsp3) is 0.579. The first kappa shape index (κ1) is 22.4. The van der Waals surface area contributed by atoms with Gasteiger partial charge in [-0.2, -0.15) is 0 Å². The van der Waals surface area contributed by atoms with Gasteiger partial charge < -0.3 is 16.4 Å². The summed E-state index contributed by atoms with van der Waals surface area (Å²) in [5.74, 6) is -0.569. The average Bonchev–Trinajstić information content (AvgIpc) is 2.62. The largest absolute Gasteiger partial charge is 0.356 e. The van der Waals surface area contributed by atoms with Gasteiger partial charge in [-0.3, -0.25) is 9.59 Å². The molecule has 0 saturated heterocycles. The zero-order valence-electron chi connectivity index (χ0n) is 15.1. The van der Waals surface area contributed by atoms with E-state index < -0.39 is 0 Å². The van der Waals surface area contributed by atoms with E-state index in [-0.39, 0.29) is 35.5 Å². The Morgan fingerprint density at radius 3 is 2.27 bits per heavy atom. The van der Waals surface area contributed by atoms with Gasteiger partial charge in [0.1, 0.15) is 5.82 Å². The third-order valence-electron chi connectivity index (χ3n) is 4.95. The highest BCUT2D eigenvalue weighted by molar-refractivity contribution is 5.94. The molecule has 0 aliphatic heterocycles. The van der Waals surface area contributed by atoms with E-state index in [2.05, 4.69) is 10.6 Å². The highest BCUT2D eigenvalue weighted by Crippen LogP contribution is 2.38. The van der Waals surface area contributed by atoms with Crippen LogP contribution in [0.3, 0.4) is 0 Å². The molecule has 0 heterocycles. The van der Waals surface area contributed by atoms with Gasteiger partial charge in [-0.1, -0.05) is 19.3 Å². The Morgan fingerprint density at radius 2 is 1.65 bits per heavy atom. The molecule has 7 heteroatoms. The number of benzene rings is 1. The molecule has 0 unspecified atom stereocenters. The lowest BCUT2D eigenvalue weighted by atomic mass is 9.71. The Labute approximate surface area is 160 Å². The summed E-state index contributed by atoms with van der Waals surface area (Å²) < 4.78 is 12.8. The van der Waals surface area contributed by atoms with E-state index >= 15 is 0 Å². The van der Waals surface area contributed by atoms with Gasteiger partial charge >= 0.3 is 0 Å². The van der Waals surface area contributed by atoms with Crippen LogP contribution in [0.1, 0.15) is 55.3 Å². The quantitative estimate of drug-likeness (QED) is 0.601. The van der Waals surface area contributed by atoms with Gasteiger partial charge in [-0.25, -0.2) is 4.39 Å². The summed E-state index contributed by atoms with van der Waals surface area (Å²) in [6.07, 6.45) is 6.74. The molecule has 1 aliphatic carbocycles. The van der Waals surface area contributed by atoms with Gasteiger partial charge in [-0.15, -0.1) is 12.4 Å². The van der Waals surface area contributed by atoms with E-state index in [1.165, 1.54) is 30.7 Å². The summed E-state index contributed by atoms with van der Waals surface area (Å²) in [5.41, 5.74) is 6.30. The molecule has 2 rings (SSSR count). The van der Waals surface area contributed by atoms with E-state index in [1.54, 1.807) is 0 Å². The van der Waals surface area contributed by atoms with Crippen molar-refractivity contribution in [2.75, 3.05) is 19.6 Å². The monoisotopic (exact) mass is 385 g/mol. The number of carbonyl (C=O) groups is 2. The number of halogens is 2. The Kier molecular flexibility index (Phi) is 9.59. The lowest BCUT2D eigenvalue weighted by Crippen LogP contribution is -2.39. The Balaban J connectivity index is 0.00000338. The molecule has 2 amide bonds. The second-order valence-corrected chi connectivity index (χ2v) is 6.91. The molecule has 146 valence electrons. The molecular weight excluding hydrogens is 357 g/mol. The van der Waals surface area contributed by atoms with Gasteiger partial charge in [-0.05, 0) is 55.5 Å². The predicted octanol–water partition coefficient (Wildman–Crippen LogP) is 2.78. The summed E-state index contributed by atoms with van der Waals surface area (Å²) in [4.78, 5) is 24.0. The van der Waals surface area contributed by atoms with Crippen LogP contribution in [0.5, 0.6) is 0 Å². The zero-order valence-corrected chi connectivity index (χ0v) is 15.9. The molecule has 1 aliphatic rings. The molecule has 0 atom stereocenters. The zero-order chi connectivity index (χ0) is 18.1. The van der Waals surface area contributed by atoms with E-state index in [4.69, 9.17) is 5.73 Å². The van der Waals surface area contributed by atoms with Crippen molar-refractivity contribution < 1.29 is 14.0 Å². The van der Waals surface area contributed by atoms with E-state index in [0.717, 1.165) is 25.7 Å². The SMILES string of the molecule is Cl.NCC1(CC(=O)NCCCNC(=O)c2ccc(F)cc2)CCCCC1. The molecule has 1 aromatic rings. The highest BCUT2D eigenvalue weighted by Gasteiger charge is 2.32. The lowest BCUT2D eigenvalue weighted by Gasteiger charge is -2.35. The Hall–Kier alpha value is -1.66. The smallest absolute Gasteiger partial charge is 0.251 e. The van der Waals surface area contributed by atoms with Crippen LogP contribution in [0.2, 0.25) is 0 Å². The molecule has 4 N–H and O–H groups in total. The second kappa shape index (κ2) is 11.1.